The van der Waals surface area contributed by atoms with Crippen LogP contribution in [0.4, 0.5) is 0 Å². The number of halogens is 2. The third-order valence-corrected chi connectivity index (χ3v) is 2.51. The van der Waals surface area contributed by atoms with E-state index in [1.165, 1.54) is 0 Å². The summed E-state index contributed by atoms with van der Waals surface area (Å²) in [4.78, 5) is 0. The molecule has 0 aromatic heterocycles. The molecule has 3 nitrogen and oxygen atoms in total. The quantitative estimate of drug-likeness (QED) is 0.801. The summed E-state index contributed by atoms with van der Waals surface area (Å²) >= 11 is 8.95. The number of benzene rings is 1. The average molecular weight is 291 g/mol. The highest BCUT2D eigenvalue weighted by Crippen LogP contribution is 2.34. The zero-order valence-corrected chi connectivity index (χ0v) is 10.4. The highest BCUT2D eigenvalue weighted by atomic mass is 79.9. The molecule has 0 heterocycles. The number of nitrogens with zero attached hydrogens (tertiary/aromatic N) is 1. The van der Waals surface area contributed by atoms with Crippen molar-refractivity contribution in [1.82, 2.24) is 0 Å². The van der Waals surface area contributed by atoms with Gasteiger partial charge in [0.15, 0.2) is 16.9 Å². The lowest BCUT2D eigenvalue weighted by molar-refractivity contribution is 0.301. The molecule has 0 saturated carbocycles. The Balaban J connectivity index is 2.80. The monoisotopic (exact) mass is 289 g/mol. The van der Waals surface area contributed by atoms with E-state index >= 15 is 0 Å². The molecule has 0 aliphatic heterocycles. The fourth-order valence-electron chi connectivity index (χ4n) is 0.984. The van der Waals surface area contributed by atoms with Crippen LogP contribution in [-0.2, 0) is 0 Å². The van der Waals surface area contributed by atoms with Crippen molar-refractivity contribution < 1.29 is 9.47 Å². The molecular formula is C10H9BrClNO2. The first-order valence-corrected chi connectivity index (χ1v) is 5.41. The molecule has 0 bridgehead atoms. The highest BCUT2D eigenvalue weighted by Gasteiger charge is 2.10. The van der Waals surface area contributed by atoms with E-state index in [4.69, 9.17) is 26.3 Å². The van der Waals surface area contributed by atoms with Gasteiger partial charge in [-0.1, -0.05) is 6.07 Å². The summed E-state index contributed by atoms with van der Waals surface area (Å²) < 4.78 is 11.3. The highest BCUT2D eigenvalue weighted by molar-refractivity contribution is 9.10. The molecule has 0 N–H and O–H groups in total. The molecule has 0 radical (unpaired) electrons. The predicted molar refractivity (Wildman–Crippen MR) is 61.4 cm³/mol. The van der Waals surface area contributed by atoms with Gasteiger partial charge in [0, 0.05) is 0 Å². The Bertz CT molecular complexity index is 378. The van der Waals surface area contributed by atoms with Gasteiger partial charge in [0.25, 0.3) is 0 Å². The summed E-state index contributed by atoms with van der Waals surface area (Å²) in [5.74, 6) is 1.16. The second-order valence-electron chi connectivity index (χ2n) is 2.68. The Hall–Kier alpha value is -0.920. The van der Waals surface area contributed by atoms with E-state index in [0.29, 0.717) is 11.5 Å². The molecular weight excluding hydrogens is 281 g/mol. The maximum absolute atomic E-state index is 8.50. The largest absolute Gasteiger partial charge is 0.493 e. The molecule has 0 aliphatic rings. The van der Waals surface area contributed by atoms with Crippen LogP contribution in [-0.4, -0.2) is 19.1 Å². The van der Waals surface area contributed by atoms with Gasteiger partial charge in [0.1, 0.15) is 6.61 Å². The number of methoxy groups -OCH3 is 1. The van der Waals surface area contributed by atoms with Crippen molar-refractivity contribution in [2.45, 2.75) is 5.38 Å². The number of nitriles is 1. The summed E-state index contributed by atoms with van der Waals surface area (Å²) in [7, 11) is 1.55. The Morgan fingerprint density at radius 3 is 2.93 bits per heavy atom. The van der Waals surface area contributed by atoms with Crippen molar-refractivity contribution in [2.75, 3.05) is 13.7 Å². The van der Waals surface area contributed by atoms with Crippen LogP contribution in [0.5, 0.6) is 11.5 Å². The molecule has 0 amide bonds. The van der Waals surface area contributed by atoms with Gasteiger partial charge >= 0.3 is 0 Å². The summed E-state index contributed by atoms with van der Waals surface area (Å²) in [6.45, 7) is 0.122. The van der Waals surface area contributed by atoms with Gasteiger partial charge in [0.2, 0.25) is 0 Å². The van der Waals surface area contributed by atoms with Crippen molar-refractivity contribution in [1.29, 1.82) is 5.26 Å². The standard InChI is InChI=1S/C10H9BrClNO2/c1-14-9-4-2-3-8(11)10(9)15-6-7(12)5-13/h2-4,7H,6H2,1H3. The van der Waals surface area contributed by atoms with E-state index < -0.39 is 5.38 Å². The minimum absolute atomic E-state index is 0.122. The summed E-state index contributed by atoms with van der Waals surface area (Å²) in [5.41, 5.74) is 0. The summed E-state index contributed by atoms with van der Waals surface area (Å²) in [6, 6.07) is 7.31. The minimum Gasteiger partial charge on any atom is -0.493 e. The third kappa shape index (κ3) is 3.29. The summed E-state index contributed by atoms with van der Waals surface area (Å²) in [5, 5.41) is 7.84. The fraction of sp³-hybridized carbons (Fsp3) is 0.300. The van der Waals surface area contributed by atoms with Gasteiger partial charge in [-0.2, -0.15) is 5.26 Å². The van der Waals surface area contributed by atoms with E-state index in [9.17, 15) is 0 Å². The minimum atomic E-state index is -0.665. The van der Waals surface area contributed by atoms with Crippen LogP contribution in [0.15, 0.2) is 22.7 Å². The number of hydrogen-bond donors (Lipinski definition) is 0. The first-order valence-electron chi connectivity index (χ1n) is 4.18. The van der Waals surface area contributed by atoms with Gasteiger partial charge in [-0.15, -0.1) is 11.6 Å². The number of rotatable bonds is 4. The first-order chi connectivity index (χ1) is 7.19. The zero-order chi connectivity index (χ0) is 11.3. The van der Waals surface area contributed by atoms with Crippen LogP contribution in [0.25, 0.3) is 0 Å². The molecule has 0 fully saturated rings. The maximum Gasteiger partial charge on any atom is 0.175 e. The smallest absolute Gasteiger partial charge is 0.175 e. The van der Waals surface area contributed by atoms with Gasteiger partial charge in [-0.3, -0.25) is 0 Å². The first kappa shape index (κ1) is 12.2. The van der Waals surface area contributed by atoms with Gasteiger partial charge in [0.05, 0.1) is 17.7 Å². The molecule has 0 spiro atoms. The van der Waals surface area contributed by atoms with Crippen molar-refractivity contribution in [3.05, 3.63) is 22.7 Å². The molecule has 5 heteroatoms. The van der Waals surface area contributed by atoms with Crippen molar-refractivity contribution in [2.24, 2.45) is 0 Å². The van der Waals surface area contributed by atoms with Crippen LogP contribution < -0.4 is 9.47 Å². The number of para-hydroxylation sites is 1. The average Bonchev–Trinajstić information content (AvgIpc) is 2.26. The van der Waals surface area contributed by atoms with Gasteiger partial charge < -0.3 is 9.47 Å². The van der Waals surface area contributed by atoms with E-state index in [1.54, 1.807) is 13.2 Å². The van der Waals surface area contributed by atoms with E-state index in [1.807, 2.05) is 18.2 Å². The molecule has 1 atom stereocenters. The topological polar surface area (TPSA) is 42.2 Å². The second-order valence-corrected chi connectivity index (χ2v) is 4.06. The van der Waals surface area contributed by atoms with Crippen LogP contribution in [0.1, 0.15) is 0 Å². The molecule has 0 aliphatic carbocycles. The maximum atomic E-state index is 8.50. The number of ether oxygens (including phenoxy) is 2. The SMILES string of the molecule is COc1cccc(Br)c1OCC(Cl)C#N. The van der Waals surface area contributed by atoms with Crippen molar-refractivity contribution in [3.8, 4) is 17.6 Å². The van der Waals surface area contributed by atoms with E-state index in [0.717, 1.165) is 4.47 Å². The zero-order valence-electron chi connectivity index (χ0n) is 8.04. The predicted octanol–water partition coefficient (Wildman–Crippen LogP) is 2.97. The fourth-order valence-corrected chi connectivity index (χ4v) is 1.51. The Morgan fingerprint density at radius 2 is 2.33 bits per heavy atom. The van der Waals surface area contributed by atoms with Gasteiger partial charge in [-0.05, 0) is 28.1 Å². The second kappa shape index (κ2) is 5.84. The molecule has 15 heavy (non-hydrogen) atoms. The Kier molecular flexibility index (Phi) is 4.73. The lowest BCUT2D eigenvalue weighted by Crippen LogP contribution is -2.10. The van der Waals surface area contributed by atoms with Crippen LogP contribution in [0, 0.1) is 11.3 Å². The lowest BCUT2D eigenvalue weighted by Gasteiger charge is -2.12. The Morgan fingerprint density at radius 1 is 1.60 bits per heavy atom. The number of hydrogen-bond acceptors (Lipinski definition) is 3. The molecule has 1 aromatic rings. The normalized spacial score (nSPS) is 11.6. The van der Waals surface area contributed by atoms with E-state index in [2.05, 4.69) is 15.9 Å². The third-order valence-electron chi connectivity index (χ3n) is 1.66. The Labute approximate surface area is 102 Å². The molecule has 0 saturated heterocycles. The number of alkyl halides is 1. The molecule has 80 valence electrons. The molecule has 1 unspecified atom stereocenters. The van der Waals surface area contributed by atoms with Crippen LogP contribution in [0.2, 0.25) is 0 Å². The van der Waals surface area contributed by atoms with Crippen molar-refractivity contribution >= 4 is 27.5 Å². The van der Waals surface area contributed by atoms with Crippen LogP contribution in [0.3, 0.4) is 0 Å². The molecule has 1 rings (SSSR count). The van der Waals surface area contributed by atoms with Gasteiger partial charge in [-0.25, -0.2) is 0 Å². The summed E-state index contributed by atoms with van der Waals surface area (Å²) in [6.07, 6.45) is 0. The van der Waals surface area contributed by atoms with Crippen molar-refractivity contribution in [3.63, 3.8) is 0 Å². The van der Waals surface area contributed by atoms with Crippen LogP contribution >= 0.6 is 27.5 Å². The van der Waals surface area contributed by atoms with E-state index in [-0.39, 0.29) is 6.61 Å². The lowest BCUT2D eigenvalue weighted by atomic mass is 10.3. The molecule has 1 aromatic carbocycles.